The lowest BCUT2D eigenvalue weighted by atomic mass is 10.2. The summed E-state index contributed by atoms with van der Waals surface area (Å²) in [6, 6.07) is 5.55. The molecule has 6 nitrogen and oxygen atoms in total. The summed E-state index contributed by atoms with van der Waals surface area (Å²) in [5, 5.41) is 4.25. The molecule has 9 heteroatoms. The molecule has 0 saturated carbocycles. The van der Waals surface area contributed by atoms with Crippen molar-refractivity contribution in [2.45, 2.75) is 20.1 Å². The Morgan fingerprint density at radius 1 is 1.33 bits per heavy atom. The molecule has 0 fully saturated rings. The van der Waals surface area contributed by atoms with E-state index in [0.29, 0.717) is 33.0 Å². The van der Waals surface area contributed by atoms with Crippen molar-refractivity contribution in [1.82, 2.24) is 15.3 Å². The first-order chi connectivity index (χ1) is 12.9. The van der Waals surface area contributed by atoms with Crippen LogP contribution in [0.5, 0.6) is 5.88 Å². The highest BCUT2D eigenvalue weighted by Crippen LogP contribution is 2.35. The van der Waals surface area contributed by atoms with E-state index in [9.17, 15) is 4.79 Å². The van der Waals surface area contributed by atoms with Crippen LogP contribution in [-0.2, 0) is 17.9 Å². The second kappa shape index (κ2) is 8.52. The number of thiophene rings is 1. The Balaban J connectivity index is 1.89. The number of methoxy groups -OCH3 is 2. The predicted molar refractivity (Wildman–Crippen MR) is 110 cm³/mol. The molecule has 0 radical (unpaired) electrons. The van der Waals surface area contributed by atoms with E-state index in [1.54, 1.807) is 20.3 Å². The number of halogens is 2. The molecular weight excluding hydrogens is 454 g/mol. The molecule has 1 N–H and O–H groups in total. The quantitative estimate of drug-likeness (QED) is 0.574. The SMILES string of the molecule is COCc1nc(OC)c2c(C)c(C(=O)NCc3ccc(Br)cc3Cl)sc2n1. The Hall–Kier alpha value is -1.74. The smallest absolute Gasteiger partial charge is 0.261 e. The van der Waals surface area contributed by atoms with E-state index in [-0.39, 0.29) is 12.5 Å². The van der Waals surface area contributed by atoms with Crippen LogP contribution in [0, 0.1) is 6.92 Å². The summed E-state index contributed by atoms with van der Waals surface area (Å²) in [7, 11) is 3.12. The summed E-state index contributed by atoms with van der Waals surface area (Å²) in [5.41, 5.74) is 1.63. The normalized spacial score (nSPS) is 11.0. The molecule has 0 unspecified atom stereocenters. The Kier molecular flexibility index (Phi) is 6.31. The van der Waals surface area contributed by atoms with E-state index in [0.717, 1.165) is 21.0 Å². The predicted octanol–water partition coefficient (Wildman–Crippen LogP) is 4.50. The van der Waals surface area contributed by atoms with Crippen LogP contribution in [0.15, 0.2) is 22.7 Å². The van der Waals surface area contributed by atoms with Gasteiger partial charge in [0.05, 0.1) is 17.4 Å². The lowest BCUT2D eigenvalue weighted by molar-refractivity contribution is 0.0954. The zero-order chi connectivity index (χ0) is 19.6. The number of benzene rings is 1. The van der Waals surface area contributed by atoms with Gasteiger partial charge in [-0.3, -0.25) is 4.79 Å². The van der Waals surface area contributed by atoms with E-state index in [1.807, 2.05) is 19.1 Å². The molecule has 0 aliphatic carbocycles. The van der Waals surface area contributed by atoms with Crippen LogP contribution in [0.4, 0.5) is 0 Å². The van der Waals surface area contributed by atoms with Crippen molar-refractivity contribution in [3.63, 3.8) is 0 Å². The van der Waals surface area contributed by atoms with Crippen molar-refractivity contribution in [1.29, 1.82) is 0 Å². The minimum absolute atomic E-state index is 0.190. The van der Waals surface area contributed by atoms with Crippen LogP contribution in [0.25, 0.3) is 10.2 Å². The average Bonchev–Trinajstić information content (AvgIpc) is 2.97. The maximum Gasteiger partial charge on any atom is 0.261 e. The fraction of sp³-hybridized carbons (Fsp3) is 0.278. The van der Waals surface area contributed by atoms with Crippen LogP contribution in [0.1, 0.15) is 26.6 Å². The number of amides is 1. The number of fused-ring (bicyclic) bond motifs is 1. The van der Waals surface area contributed by atoms with Gasteiger partial charge in [-0.1, -0.05) is 33.6 Å². The highest BCUT2D eigenvalue weighted by atomic mass is 79.9. The molecule has 27 heavy (non-hydrogen) atoms. The molecule has 0 aliphatic rings. The van der Waals surface area contributed by atoms with Gasteiger partial charge in [-0.05, 0) is 30.2 Å². The molecule has 0 aliphatic heterocycles. The summed E-state index contributed by atoms with van der Waals surface area (Å²) < 4.78 is 11.4. The molecule has 0 atom stereocenters. The minimum atomic E-state index is -0.190. The number of aryl methyl sites for hydroxylation is 1. The summed E-state index contributed by atoms with van der Waals surface area (Å²) in [6.07, 6.45) is 0. The molecule has 3 rings (SSSR count). The number of carbonyl (C=O) groups excluding carboxylic acids is 1. The zero-order valence-electron chi connectivity index (χ0n) is 14.9. The second-order valence-corrected chi connectivity index (χ2v) is 8.06. The maximum absolute atomic E-state index is 12.7. The monoisotopic (exact) mass is 469 g/mol. The standard InChI is InChI=1S/C18H17BrClN3O3S/c1-9-14-17(26-3)22-13(8-25-2)23-18(14)27-15(9)16(24)21-7-10-4-5-11(19)6-12(10)20/h4-6H,7-8H2,1-3H3,(H,21,24). The number of hydrogen-bond donors (Lipinski definition) is 1. The van der Waals surface area contributed by atoms with Crippen LogP contribution >= 0.6 is 38.9 Å². The third-order valence-electron chi connectivity index (χ3n) is 3.93. The Morgan fingerprint density at radius 2 is 2.11 bits per heavy atom. The minimum Gasteiger partial charge on any atom is -0.480 e. The zero-order valence-corrected chi connectivity index (χ0v) is 18.1. The lowest BCUT2D eigenvalue weighted by Gasteiger charge is -2.07. The van der Waals surface area contributed by atoms with Crippen molar-refractivity contribution < 1.29 is 14.3 Å². The van der Waals surface area contributed by atoms with Gasteiger partial charge in [0, 0.05) is 23.1 Å². The van der Waals surface area contributed by atoms with Gasteiger partial charge in [0.1, 0.15) is 11.4 Å². The number of nitrogens with one attached hydrogen (secondary N) is 1. The molecular formula is C18H17BrClN3O3S. The Bertz CT molecular complexity index is 1010. The first-order valence-electron chi connectivity index (χ1n) is 7.99. The number of nitrogens with zero attached hydrogens (tertiary/aromatic N) is 2. The first-order valence-corrected chi connectivity index (χ1v) is 9.98. The van der Waals surface area contributed by atoms with Gasteiger partial charge in [-0.15, -0.1) is 11.3 Å². The van der Waals surface area contributed by atoms with Crippen LogP contribution in [0.2, 0.25) is 5.02 Å². The fourth-order valence-corrected chi connectivity index (χ4v) is 4.47. The number of carbonyl (C=O) groups is 1. The van der Waals surface area contributed by atoms with Crippen molar-refractivity contribution in [3.8, 4) is 5.88 Å². The first kappa shape index (κ1) is 20.0. The van der Waals surface area contributed by atoms with Crippen LogP contribution < -0.4 is 10.1 Å². The molecule has 142 valence electrons. The summed E-state index contributed by atoms with van der Waals surface area (Å²) in [4.78, 5) is 22.8. The Labute approximate surface area is 174 Å². The lowest BCUT2D eigenvalue weighted by Crippen LogP contribution is -2.22. The van der Waals surface area contributed by atoms with E-state index in [1.165, 1.54) is 11.3 Å². The Morgan fingerprint density at radius 3 is 2.78 bits per heavy atom. The molecule has 3 aromatic rings. The highest BCUT2D eigenvalue weighted by molar-refractivity contribution is 9.10. The van der Waals surface area contributed by atoms with Crippen molar-refractivity contribution >= 4 is 55.0 Å². The third kappa shape index (κ3) is 4.24. The molecule has 0 saturated heterocycles. The fourth-order valence-electron chi connectivity index (χ4n) is 2.62. The van der Waals surface area contributed by atoms with Gasteiger partial charge in [-0.25, -0.2) is 4.98 Å². The number of aromatic nitrogens is 2. The summed E-state index contributed by atoms with van der Waals surface area (Å²) in [6.45, 7) is 2.46. The van der Waals surface area contributed by atoms with Gasteiger partial charge < -0.3 is 14.8 Å². The summed E-state index contributed by atoms with van der Waals surface area (Å²) >= 11 is 10.9. The van der Waals surface area contributed by atoms with Crippen LogP contribution in [-0.4, -0.2) is 30.1 Å². The van der Waals surface area contributed by atoms with E-state index >= 15 is 0 Å². The van der Waals surface area contributed by atoms with Gasteiger partial charge in [0.2, 0.25) is 5.88 Å². The van der Waals surface area contributed by atoms with Crippen molar-refractivity contribution in [3.05, 3.63) is 49.5 Å². The number of hydrogen-bond acceptors (Lipinski definition) is 6. The second-order valence-electron chi connectivity index (χ2n) is 5.74. The van der Waals surface area contributed by atoms with Crippen molar-refractivity contribution in [2.75, 3.05) is 14.2 Å². The maximum atomic E-state index is 12.7. The van der Waals surface area contributed by atoms with E-state index < -0.39 is 0 Å². The van der Waals surface area contributed by atoms with Gasteiger partial charge >= 0.3 is 0 Å². The van der Waals surface area contributed by atoms with E-state index in [4.69, 9.17) is 21.1 Å². The average molecular weight is 471 g/mol. The number of rotatable bonds is 6. The molecule has 0 bridgehead atoms. The van der Waals surface area contributed by atoms with Gasteiger partial charge in [-0.2, -0.15) is 4.98 Å². The molecule has 1 amide bonds. The molecule has 2 heterocycles. The van der Waals surface area contributed by atoms with Gasteiger partial charge in [0.15, 0.2) is 5.82 Å². The topological polar surface area (TPSA) is 73.3 Å². The number of ether oxygens (including phenoxy) is 2. The third-order valence-corrected chi connectivity index (χ3v) is 5.96. The molecule has 0 spiro atoms. The highest BCUT2D eigenvalue weighted by Gasteiger charge is 2.21. The largest absolute Gasteiger partial charge is 0.480 e. The van der Waals surface area contributed by atoms with Crippen LogP contribution in [0.3, 0.4) is 0 Å². The molecule has 2 aromatic heterocycles. The van der Waals surface area contributed by atoms with E-state index in [2.05, 4.69) is 31.2 Å². The van der Waals surface area contributed by atoms with Crippen molar-refractivity contribution in [2.24, 2.45) is 0 Å². The molecule has 1 aromatic carbocycles. The van der Waals surface area contributed by atoms with Gasteiger partial charge in [0.25, 0.3) is 5.91 Å². The summed E-state index contributed by atoms with van der Waals surface area (Å²) in [5.74, 6) is 0.761.